The van der Waals surface area contributed by atoms with E-state index in [2.05, 4.69) is 43.5 Å². The predicted octanol–water partition coefficient (Wildman–Crippen LogP) is 14.0. The van der Waals surface area contributed by atoms with Gasteiger partial charge >= 0.3 is 0 Å². The summed E-state index contributed by atoms with van der Waals surface area (Å²) < 4.78 is 11.2. The topological polar surface area (TPSA) is 149 Å². The molecule has 394 valence electrons. The number of unbranched alkanes of at least 4 members (excludes halogenated alkanes) is 35. The summed E-state index contributed by atoms with van der Waals surface area (Å²) in [5, 5.41) is 54.3. The van der Waals surface area contributed by atoms with Gasteiger partial charge in [-0.25, -0.2) is 0 Å². The lowest BCUT2D eigenvalue weighted by atomic mass is 9.99. The fraction of sp³-hybridized carbons (Fsp3) is 0.879. The molecule has 1 heterocycles. The number of hydrogen-bond acceptors (Lipinski definition) is 8. The van der Waals surface area contributed by atoms with Gasteiger partial charge in [-0.2, -0.15) is 0 Å². The van der Waals surface area contributed by atoms with Crippen LogP contribution in [0.1, 0.15) is 271 Å². The second kappa shape index (κ2) is 48.1. The van der Waals surface area contributed by atoms with Gasteiger partial charge in [-0.3, -0.25) is 4.79 Å². The Hall–Kier alpha value is -1.59. The molecule has 7 unspecified atom stereocenters. The monoisotopic (exact) mass is 948 g/mol. The average Bonchev–Trinajstić information content (AvgIpc) is 3.33. The highest BCUT2D eigenvalue weighted by atomic mass is 16.7. The van der Waals surface area contributed by atoms with E-state index in [1.165, 1.54) is 212 Å². The second-order valence-corrected chi connectivity index (χ2v) is 20.1. The lowest BCUT2D eigenvalue weighted by Gasteiger charge is -2.40. The molecule has 1 aliphatic heterocycles. The van der Waals surface area contributed by atoms with Crippen molar-refractivity contribution in [3.05, 3.63) is 36.5 Å². The number of allylic oxidation sites excluding steroid dienone is 5. The molecule has 0 saturated carbocycles. The first-order valence-corrected chi connectivity index (χ1v) is 28.7. The largest absolute Gasteiger partial charge is 0.394 e. The summed E-state index contributed by atoms with van der Waals surface area (Å²) in [5.41, 5.74) is 0. The van der Waals surface area contributed by atoms with Crippen LogP contribution in [-0.4, -0.2) is 87.5 Å². The average molecular weight is 949 g/mol. The standard InChI is InChI=1S/C58H109NO8/c1-3-5-7-9-11-13-15-17-18-19-20-21-22-23-24-25-26-27-28-29-30-31-32-33-34-36-38-40-42-44-46-48-54(62)59-51(50-66-58-57(65)56(64)55(63)53(49-60)67-58)52(61)47-45-43-41-39-37-35-16-14-12-10-8-6-4-2/h23-24,37,39,45,47,51-53,55-58,60-61,63-65H,3-22,25-36,38,40-44,46,48-50H2,1-2H3,(H,59,62)/b24-23-,39-37+,47-45+. The molecule has 1 rings (SSSR count). The smallest absolute Gasteiger partial charge is 0.220 e. The third kappa shape index (κ3) is 37.9. The molecule has 9 nitrogen and oxygen atoms in total. The van der Waals surface area contributed by atoms with Gasteiger partial charge in [-0.05, 0) is 57.8 Å². The number of ether oxygens (including phenoxy) is 2. The van der Waals surface area contributed by atoms with Gasteiger partial charge in [0.2, 0.25) is 5.91 Å². The van der Waals surface area contributed by atoms with Crippen LogP contribution < -0.4 is 5.32 Å². The third-order valence-corrected chi connectivity index (χ3v) is 13.7. The van der Waals surface area contributed by atoms with Gasteiger partial charge in [-0.1, -0.05) is 243 Å². The van der Waals surface area contributed by atoms with Gasteiger partial charge < -0.3 is 40.3 Å². The number of carbonyl (C=O) groups excluding carboxylic acids is 1. The molecule has 9 heteroatoms. The van der Waals surface area contributed by atoms with E-state index >= 15 is 0 Å². The maximum Gasteiger partial charge on any atom is 0.220 e. The van der Waals surface area contributed by atoms with Crippen molar-refractivity contribution >= 4 is 5.91 Å². The minimum Gasteiger partial charge on any atom is -0.394 e. The Morgan fingerprint density at radius 2 is 0.851 bits per heavy atom. The van der Waals surface area contributed by atoms with Crippen LogP contribution in [0.15, 0.2) is 36.5 Å². The van der Waals surface area contributed by atoms with Crippen LogP contribution in [-0.2, 0) is 14.3 Å². The molecule has 0 spiro atoms. The van der Waals surface area contributed by atoms with E-state index in [1.807, 2.05) is 6.08 Å². The van der Waals surface area contributed by atoms with E-state index in [0.717, 1.165) is 38.5 Å². The fourth-order valence-corrected chi connectivity index (χ4v) is 9.11. The molecule has 6 N–H and O–H groups in total. The van der Waals surface area contributed by atoms with Gasteiger partial charge in [0.25, 0.3) is 0 Å². The van der Waals surface area contributed by atoms with Crippen molar-refractivity contribution in [2.45, 2.75) is 314 Å². The van der Waals surface area contributed by atoms with E-state index in [9.17, 15) is 30.3 Å². The summed E-state index contributed by atoms with van der Waals surface area (Å²) in [6.45, 7) is 3.77. The number of amides is 1. The van der Waals surface area contributed by atoms with Crippen LogP contribution >= 0.6 is 0 Å². The zero-order chi connectivity index (χ0) is 48.7. The first-order chi connectivity index (χ1) is 32.8. The van der Waals surface area contributed by atoms with E-state index in [0.29, 0.717) is 6.42 Å². The number of rotatable bonds is 49. The molecule has 1 fully saturated rings. The number of hydrogen-bond donors (Lipinski definition) is 6. The van der Waals surface area contributed by atoms with Crippen LogP contribution in [0.5, 0.6) is 0 Å². The quantitative estimate of drug-likeness (QED) is 0.0261. The Labute approximate surface area is 412 Å². The van der Waals surface area contributed by atoms with Crippen molar-refractivity contribution in [3.8, 4) is 0 Å². The SMILES string of the molecule is CCCCCCCCC/C=C/CC/C=C/C(O)C(COC1OC(CO)C(O)C(O)C1O)NC(=O)CCCCCCCCCCCCCCCCC/C=C\CCCCCCCCCCCCCC. The molecule has 1 saturated heterocycles. The Bertz CT molecular complexity index is 1150. The lowest BCUT2D eigenvalue weighted by Crippen LogP contribution is -2.60. The van der Waals surface area contributed by atoms with E-state index < -0.39 is 49.5 Å². The van der Waals surface area contributed by atoms with E-state index in [-0.39, 0.29) is 12.5 Å². The highest BCUT2D eigenvalue weighted by molar-refractivity contribution is 5.76. The number of aliphatic hydroxyl groups excluding tert-OH is 5. The summed E-state index contributed by atoms with van der Waals surface area (Å²) in [6.07, 6.45) is 55.2. The number of aliphatic hydroxyl groups is 5. The summed E-state index contributed by atoms with van der Waals surface area (Å²) in [6, 6.07) is -0.819. The maximum absolute atomic E-state index is 13.0. The van der Waals surface area contributed by atoms with Crippen molar-refractivity contribution in [1.82, 2.24) is 5.32 Å². The minimum absolute atomic E-state index is 0.185. The Morgan fingerprint density at radius 3 is 1.25 bits per heavy atom. The van der Waals surface area contributed by atoms with Crippen LogP contribution in [0.4, 0.5) is 0 Å². The van der Waals surface area contributed by atoms with Gasteiger partial charge in [0.1, 0.15) is 24.4 Å². The van der Waals surface area contributed by atoms with Gasteiger partial charge in [-0.15, -0.1) is 0 Å². The minimum atomic E-state index is -1.57. The van der Waals surface area contributed by atoms with Crippen LogP contribution in [0, 0.1) is 0 Å². The molecule has 0 radical (unpaired) electrons. The molecule has 0 aromatic rings. The van der Waals surface area contributed by atoms with Gasteiger partial charge in [0.15, 0.2) is 6.29 Å². The van der Waals surface area contributed by atoms with Crippen molar-refractivity contribution in [3.63, 3.8) is 0 Å². The van der Waals surface area contributed by atoms with E-state index in [4.69, 9.17) is 9.47 Å². The molecule has 0 aromatic carbocycles. The zero-order valence-electron chi connectivity index (χ0n) is 43.7. The van der Waals surface area contributed by atoms with Crippen molar-refractivity contribution in [1.29, 1.82) is 0 Å². The first-order valence-electron chi connectivity index (χ1n) is 28.7. The highest BCUT2D eigenvalue weighted by Crippen LogP contribution is 2.23. The lowest BCUT2D eigenvalue weighted by molar-refractivity contribution is -0.302. The number of carbonyl (C=O) groups is 1. The van der Waals surface area contributed by atoms with Crippen LogP contribution in [0.25, 0.3) is 0 Å². The van der Waals surface area contributed by atoms with Crippen molar-refractivity contribution in [2.75, 3.05) is 13.2 Å². The molecule has 7 atom stereocenters. The zero-order valence-corrected chi connectivity index (χ0v) is 43.7. The molecule has 67 heavy (non-hydrogen) atoms. The van der Waals surface area contributed by atoms with Gasteiger partial charge in [0.05, 0.1) is 25.4 Å². The normalized spacial score (nSPS) is 19.9. The predicted molar refractivity (Wildman–Crippen MR) is 281 cm³/mol. The van der Waals surface area contributed by atoms with Gasteiger partial charge in [0, 0.05) is 6.42 Å². The highest BCUT2D eigenvalue weighted by Gasteiger charge is 2.44. The summed E-state index contributed by atoms with van der Waals surface area (Å²) in [5.74, 6) is -0.185. The second-order valence-electron chi connectivity index (χ2n) is 20.1. The Balaban J connectivity index is 2.14. The molecule has 1 amide bonds. The molecule has 0 bridgehead atoms. The van der Waals surface area contributed by atoms with Crippen molar-refractivity contribution < 1.29 is 39.8 Å². The third-order valence-electron chi connectivity index (χ3n) is 13.7. The summed E-state index contributed by atoms with van der Waals surface area (Å²) in [7, 11) is 0. The van der Waals surface area contributed by atoms with Crippen LogP contribution in [0.3, 0.4) is 0 Å². The summed E-state index contributed by atoms with van der Waals surface area (Å²) >= 11 is 0. The molecule has 0 aromatic heterocycles. The Morgan fingerprint density at radius 1 is 0.493 bits per heavy atom. The molecule has 0 aliphatic carbocycles. The molecular weight excluding hydrogens is 839 g/mol. The fourth-order valence-electron chi connectivity index (χ4n) is 9.11. The Kier molecular flexibility index (Phi) is 45.5. The molecule has 1 aliphatic rings. The van der Waals surface area contributed by atoms with Crippen molar-refractivity contribution in [2.24, 2.45) is 0 Å². The first kappa shape index (κ1) is 63.4. The molecular formula is C58H109NO8. The summed E-state index contributed by atoms with van der Waals surface area (Å²) in [4.78, 5) is 13.0. The van der Waals surface area contributed by atoms with E-state index in [1.54, 1.807) is 6.08 Å². The maximum atomic E-state index is 13.0. The number of nitrogens with one attached hydrogen (secondary N) is 1. The van der Waals surface area contributed by atoms with Crippen LogP contribution in [0.2, 0.25) is 0 Å².